The van der Waals surface area contributed by atoms with E-state index in [2.05, 4.69) is 4.98 Å². The summed E-state index contributed by atoms with van der Waals surface area (Å²) in [4.78, 5) is 3.61. The first-order chi connectivity index (χ1) is 6.39. The standard InChI is InChI=1S/C9H10F3NO/c1-6(14)4-8-3-2-7(5-13-8)9(10,11)12/h2-3,5-6,14H,4H2,1H3/t6-/m0/s1. The summed E-state index contributed by atoms with van der Waals surface area (Å²) in [5, 5.41) is 8.97. The van der Waals surface area contributed by atoms with E-state index in [0.29, 0.717) is 5.69 Å². The van der Waals surface area contributed by atoms with E-state index in [1.54, 1.807) is 6.92 Å². The normalized spacial score (nSPS) is 14.1. The van der Waals surface area contributed by atoms with E-state index in [1.807, 2.05) is 0 Å². The number of hydrogen-bond donors (Lipinski definition) is 1. The molecule has 1 aromatic rings. The van der Waals surface area contributed by atoms with Crippen molar-refractivity contribution in [1.82, 2.24) is 4.98 Å². The Labute approximate surface area is 79.4 Å². The van der Waals surface area contributed by atoms with Gasteiger partial charge in [-0.05, 0) is 19.1 Å². The predicted octanol–water partition coefficient (Wildman–Crippen LogP) is 2.02. The van der Waals surface area contributed by atoms with E-state index in [1.165, 1.54) is 6.07 Å². The summed E-state index contributed by atoms with van der Waals surface area (Å²) >= 11 is 0. The third kappa shape index (κ3) is 2.99. The van der Waals surface area contributed by atoms with Gasteiger partial charge in [0.2, 0.25) is 0 Å². The number of alkyl halides is 3. The Morgan fingerprint density at radius 1 is 1.43 bits per heavy atom. The molecule has 0 aliphatic heterocycles. The van der Waals surface area contributed by atoms with Gasteiger partial charge < -0.3 is 5.11 Å². The van der Waals surface area contributed by atoms with E-state index < -0.39 is 17.8 Å². The lowest BCUT2D eigenvalue weighted by atomic mass is 10.2. The van der Waals surface area contributed by atoms with Crippen LogP contribution in [0.15, 0.2) is 18.3 Å². The smallest absolute Gasteiger partial charge is 0.393 e. The molecule has 0 unspecified atom stereocenters. The van der Waals surface area contributed by atoms with Gasteiger partial charge in [-0.25, -0.2) is 0 Å². The fourth-order valence-electron chi connectivity index (χ4n) is 1.02. The summed E-state index contributed by atoms with van der Waals surface area (Å²) in [5.74, 6) is 0. The number of rotatable bonds is 2. The second-order valence-corrected chi connectivity index (χ2v) is 3.09. The Hall–Kier alpha value is -1.10. The van der Waals surface area contributed by atoms with Crippen molar-refractivity contribution < 1.29 is 18.3 Å². The predicted molar refractivity (Wildman–Crippen MR) is 44.6 cm³/mol. The van der Waals surface area contributed by atoms with Crippen LogP contribution in [0.4, 0.5) is 13.2 Å². The first kappa shape index (κ1) is 11.0. The number of nitrogens with zero attached hydrogens (tertiary/aromatic N) is 1. The molecule has 0 aliphatic rings. The molecule has 0 spiro atoms. The molecular weight excluding hydrogens is 195 g/mol. The van der Waals surface area contributed by atoms with Crippen LogP contribution in [0.1, 0.15) is 18.2 Å². The van der Waals surface area contributed by atoms with Gasteiger partial charge in [0.1, 0.15) is 0 Å². The average molecular weight is 205 g/mol. The maximum Gasteiger partial charge on any atom is 0.417 e. The molecule has 1 atom stereocenters. The van der Waals surface area contributed by atoms with Gasteiger partial charge in [-0.2, -0.15) is 13.2 Å². The molecule has 0 saturated heterocycles. The molecule has 0 fully saturated rings. The van der Waals surface area contributed by atoms with Crippen molar-refractivity contribution in [2.24, 2.45) is 0 Å². The van der Waals surface area contributed by atoms with Gasteiger partial charge in [-0.3, -0.25) is 4.98 Å². The highest BCUT2D eigenvalue weighted by atomic mass is 19.4. The Kier molecular flexibility index (Phi) is 3.10. The summed E-state index contributed by atoms with van der Waals surface area (Å²) in [7, 11) is 0. The van der Waals surface area contributed by atoms with E-state index in [0.717, 1.165) is 12.3 Å². The van der Waals surface area contributed by atoms with Crippen molar-refractivity contribution in [1.29, 1.82) is 0 Å². The molecule has 0 bridgehead atoms. The Bertz CT molecular complexity index is 292. The van der Waals surface area contributed by atoms with Crippen LogP contribution < -0.4 is 0 Å². The van der Waals surface area contributed by atoms with Gasteiger partial charge >= 0.3 is 6.18 Å². The number of hydrogen-bond acceptors (Lipinski definition) is 2. The Morgan fingerprint density at radius 2 is 2.07 bits per heavy atom. The summed E-state index contributed by atoms with van der Waals surface area (Å²) in [6, 6.07) is 2.24. The molecule has 0 saturated carbocycles. The zero-order chi connectivity index (χ0) is 10.8. The highest BCUT2D eigenvalue weighted by molar-refractivity contribution is 5.17. The highest BCUT2D eigenvalue weighted by Gasteiger charge is 2.30. The quantitative estimate of drug-likeness (QED) is 0.801. The highest BCUT2D eigenvalue weighted by Crippen LogP contribution is 2.28. The summed E-state index contributed by atoms with van der Waals surface area (Å²) < 4.78 is 36.3. The summed E-state index contributed by atoms with van der Waals surface area (Å²) in [6.45, 7) is 1.55. The van der Waals surface area contributed by atoms with E-state index in [4.69, 9.17) is 5.11 Å². The maximum atomic E-state index is 12.1. The molecular formula is C9H10F3NO. The van der Waals surface area contributed by atoms with Crippen LogP contribution in [0.2, 0.25) is 0 Å². The van der Waals surface area contributed by atoms with Crippen LogP contribution in [0.5, 0.6) is 0 Å². The first-order valence-electron chi connectivity index (χ1n) is 4.10. The minimum atomic E-state index is -4.35. The molecule has 0 aliphatic carbocycles. The molecule has 2 nitrogen and oxygen atoms in total. The van der Waals surface area contributed by atoms with Crippen molar-refractivity contribution in [3.63, 3.8) is 0 Å². The van der Waals surface area contributed by atoms with E-state index >= 15 is 0 Å². The van der Waals surface area contributed by atoms with Crippen molar-refractivity contribution >= 4 is 0 Å². The molecule has 14 heavy (non-hydrogen) atoms. The largest absolute Gasteiger partial charge is 0.417 e. The number of aliphatic hydroxyl groups is 1. The molecule has 5 heteroatoms. The second kappa shape index (κ2) is 3.96. The van der Waals surface area contributed by atoms with Gasteiger partial charge in [-0.1, -0.05) is 0 Å². The van der Waals surface area contributed by atoms with E-state index in [9.17, 15) is 13.2 Å². The Morgan fingerprint density at radius 3 is 2.43 bits per heavy atom. The summed E-state index contributed by atoms with van der Waals surface area (Å²) in [6.07, 6.45) is -3.91. The van der Waals surface area contributed by atoms with Crippen LogP contribution in [-0.4, -0.2) is 16.2 Å². The third-order valence-electron chi connectivity index (χ3n) is 1.66. The minimum absolute atomic E-state index is 0.262. The van der Waals surface area contributed by atoms with Gasteiger partial charge in [0.05, 0.1) is 11.7 Å². The molecule has 0 radical (unpaired) electrons. The molecule has 0 amide bonds. The van der Waals surface area contributed by atoms with Crippen LogP contribution in [-0.2, 0) is 12.6 Å². The van der Waals surface area contributed by atoms with Crippen molar-refractivity contribution in [2.75, 3.05) is 0 Å². The summed E-state index contributed by atoms with van der Waals surface area (Å²) in [5.41, 5.74) is -0.320. The minimum Gasteiger partial charge on any atom is -0.393 e. The van der Waals surface area contributed by atoms with E-state index in [-0.39, 0.29) is 6.42 Å². The average Bonchev–Trinajstić information content (AvgIpc) is 2.02. The van der Waals surface area contributed by atoms with Crippen molar-refractivity contribution in [3.05, 3.63) is 29.6 Å². The second-order valence-electron chi connectivity index (χ2n) is 3.09. The van der Waals surface area contributed by atoms with Crippen LogP contribution >= 0.6 is 0 Å². The van der Waals surface area contributed by atoms with Gasteiger partial charge in [0.25, 0.3) is 0 Å². The molecule has 1 rings (SSSR count). The zero-order valence-electron chi connectivity index (χ0n) is 7.54. The molecule has 0 aromatic carbocycles. The van der Waals surface area contributed by atoms with Crippen molar-refractivity contribution in [2.45, 2.75) is 25.6 Å². The lowest BCUT2D eigenvalue weighted by Gasteiger charge is -2.07. The van der Waals surface area contributed by atoms with Crippen molar-refractivity contribution in [3.8, 4) is 0 Å². The molecule has 78 valence electrons. The maximum absolute atomic E-state index is 12.1. The van der Waals surface area contributed by atoms with Gasteiger partial charge in [-0.15, -0.1) is 0 Å². The SMILES string of the molecule is C[C@H](O)Cc1ccc(C(F)(F)F)cn1. The van der Waals surface area contributed by atoms with Crippen LogP contribution in [0.3, 0.4) is 0 Å². The number of pyridine rings is 1. The fourth-order valence-corrected chi connectivity index (χ4v) is 1.02. The zero-order valence-corrected chi connectivity index (χ0v) is 7.54. The first-order valence-corrected chi connectivity index (χ1v) is 4.10. The number of aromatic nitrogens is 1. The third-order valence-corrected chi connectivity index (χ3v) is 1.66. The Balaban J connectivity index is 2.79. The molecule has 1 N–H and O–H groups in total. The van der Waals surface area contributed by atoms with Crippen LogP contribution in [0.25, 0.3) is 0 Å². The van der Waals surface area contributed by atoms with Gasteiger partial charge in [0.15, 0.2) is 0 Å². The lowest BCUT2D eigenvalue weighted by molar-refractivity contribution is -0.137. The monoisotopic (exact) mass is 205 g/mol. The lowest BCUT2D eigenvalue weighted by Crippen LogP contribution is -2.09. The fraction of sp³-hybridized carbons (Fsp3) is 0.444. The van der Waals surface area contributed by atoms with Gasteiger partial charge in [0, 0.05) is 18.3 Å². The number of aliphatic hydroxyl groups excluding tert-OH is 1. The topological polar surface area (TPSA) is 33.1 Å². The number of halogens is 3. The molecule has 1 aromatic heterocycles. The molecule has 1 heterocycles. The van der Waals surface area contributed by atoms with Crippen LogP contribution in [0, 0.1) is 0 Å².